The Balaban J connectivity index is 1.44. The molecule has 4 aliphatic rings. The molecule has 2 aromatic carbocycles. The maximum absolute atomic E-state index is 14.7. The number of likely N-dealkylation sites (tertiary alicyclic amines) is 1. The van der Waals surface area contributed by atoms with Crippen molar-refractivity contribution in [3.8, 4) is 0 Å². The van der Waals surface area contributed by atoms with Crippen molar-refractivity contribution in [3.63, 3.8) is 0 Å². The average molecular weight is 628 g/mol. The molecule has 2 saturated heterocycles. The number of carbonyl (C=O) groups excluding carboxylic acids is 4. The van der Waals surface area contributed by atoms with Gasteiger partial charge in [0.1, 0.15) is 18.2 Å². The summed E-state index contributed by atoms with van der Waals surface area (Å²) in [5.74, 6) is -3.47. The van der Waals surface area contributed by atoms with Gasteiger partial charge in [0.05, 0.1) is 36.6 Å². The van der Waals surface area contributed by atoms with Crippen LogP contribution in [0.15, 0.2) is 85.0 Å². The number of allylic oxidation sites excluding steroid dienone is 1. The van der Waals surface area contributed by atoms with Crippen molar-refractivity contribution in [1.29, 1.82) is 0 Å². The zero-order valence-electron chi connectivity index (χ0n) is 26.0. The number of amides is 3. The number of hydrogen-bond donors (Lipinski definition) is 2. The average Bonchev–Trinajstić information content (AvgIpc) is 3.72. The maximum Gasteiger partial charge on any atom is 0.306 e. The van der Waals surface area contributed by atoms with E-state index >= 15 is 0 Å². The summed E-state index contributed by atoms with van der Waals surface area (Å²) in [5.41, 5.74) is 0.0410. The van der Waals surface area contributed by atoms with Crippen LogP contribution in [0.2, 0.25) is 0 Å². The molecule has 0 saturated carbocycles. The number of aliphatic hydroxyl groups is 1. The highest BCUT2D eigenvalue weighted by atomic mass is 16.5. The molecule has 0 aromatic heterocycles. The monoisotopic (exact) mass is 627 g/mol. The zero-order valence-corrected chi connectivity index (χ0v) is 26.0. The highest BCUT2D eigenvalue weighted by Gasteiger charge is 2.74. The van der Waals surface area contributed by atoms with E-state index < -0.39 is 66.1 Å². The molecule has 4 aliphatic heterocycles. The minimum Gasteiger partial charge on any atom is -0.463 e. The Labute approximate surface area is 269 Å². The number of hydrogen-bond acceptors (Lipinski definition) is 7. The van der Waals surface area contributed by atoms with Gasteiger partial charge in [0.25, 0.3) is 0 Å². The second-order valence-corrected chi connectivity index (χ2v) is 12.4. The number of rotatable bonds is 7. The van der Waals surface area contributed by atoms with Crippen LogP contribution >= 0.6 is 0 Å². The predicted molar refractivity (Wildman–Crippen MR) is 169 cm³/mol. The lowest BCUT2D eigenvalue weighted by Crippen LogP contribution is -2.57. The molecule has 2 aromatic rings. The van der Waals surface area contributed by atoms with Crippen LogP contribution in [0.5, 0.6) is 0 Å². The maximum atomic E-state index is 14.7. The van der Waals surface area contributed by atoms with Crippen LogP contribution < -0.4 is 5.32 Å². The van der Waals surface area contributed by atoms with Crippen molar-refractivity contribution in [1.82, 2.24) is 15.1 Å². The molecule has 10 nitrogen and oxygen atoms in total. The molecule has 3 amide bonds. The van der Waals surface area contributed by atoms with Crippen LogP contribution in [0.3, 0.4) is 0 Å². The lowest BCUT2D eigenvalue weighted by molar-refractivity contribution is -0.150. The number of cyclic esters (lactones) is 1. The zero-order chi connectivity index (χ0) is 32.3. The van der Waals surface area contributed by atoms with Gasteiger partial charge < -0.3 is 29.7 Å². The molecule has 2 N–H and O–H groups in total. The number of aliphatic hydroxyl groups excluding tert-OH is 1. The summed E-state index contributed by atoms with van der Waals surface area (Å²) in [6.45, 7) is 2.28. The highest BCUT2D eigenvalue weighted by molar-refractivity contribution is 6.00. The number of benzene rings is 2. The molecule has 46 heavy (non-hydrogen) atoms. The van der Waals surface area contributed by atoms with E-state index in [1.807, 2.05) is 79.7 Å². The van der Waals surface area contributed by atoms with Crippen molar-refractivity contribution in [2.75, 3.05) is 26.3 Å². The smallest absolute Gasteiger partial charge is 0.306 e. The van der Waals surface area contributed by atoms with E-state index in [0.29, 0.717) is 18.5 Å². The summed E-state index contributed by atoms with van der Waals surface area (Å²) in [5, 5.41) is 13.8. The first-order chi connectivity index (χ1) is 22.4. The topological polar surface area (TPSA) is 125 Å². The Morgan fingerprint density at radius 3 is 2.46 bits per heavy atom. The van der Waals surface area contributed by atoms with Crippen molar-refractivity contribution in [3.05, 3.63) is 96.1 Å². The van der Waals surface area contributed by atoms with Crippen LogP contribution in [0.4, 0.5) is 0 Å². The number of carbonyl (C=O) groups is 4. The summed E-state index contributed by atoms with van der Waals surface area (Å²) >= 11 is 0. The second-order valence-electron chi connectivity index (χ2n) is 12.4. The second kappa shape index (κ2) is 13.6. The lowest BCUT2D eigenvalue weighted by atomic mass is 9.74. The summed E-state index contributed by atoms with van der Waals surface area (Å²) in [4.78, 5) is 59.4. The third-order valence-corrected chi connectivity index (χ3v) is 9.57. The largest absolute Gasteiger partial charge is 0.463 e. The van der Waals surface area contributed by atoms with E-state index in [1.165, 1.54) is 4.90 Å². The molecular weight excluding hydrogens is 586 g/mol. The van der Waals surface area contributed by atoms with Crippen LogP contribution in [0, 0.1) is 11.8 Å². The van der Waals surface area contributed by atoms with Gasteiger partial charge in [-0.05, 0) is 24.0 Å². The Morgan fingerprint density at radius 2 is 1.74 bits per heavy atom. The Morgan fingerprint density at radius 1 is 1.00 bits per heavy atom. The molecule has 2 fully saturated rings. The first kappa shape index (κ1) is 31.7. The molecule has 1 spiro atoms. The van der Waals surface area contributed by atoms with Gasteiger partial charge in [0.2, 0.25) is 17.7 Å². The number of nitrogens with one attached hydrogen (secondary N) is 1. The summed E-state index contributed by atoms with van der Waals surface area (Å²) in [6, 6.07) is 15.8. The Bertz CT molecular complexity index is 1500. The van der Waals surface area contributed by atoms with Crippen molar-refractivity contribution >= 4 is 23.7 Å². The fraction of sp³-hybridized carbons (Fsp3) is 0.444. The fourth-order valence-corrected chi connectivity index (χ4v) is 7.31. The van der Waals surface area contributed by atoms with Gasteiger partial charge in [-0.2, -0.15) is 0 Å². The quantitative estimate of drug-likeness (QED) is 0.357. The molecule has 10 heteroatoms. The minimum atomic E-state index is -1.39. The molecule has 5 bridgehead atoms. The normalized spacial score (nSPS) is 31.0. The third-order valence-electron chi connectivity index (χ3n) is 9.57. The predicted octanol–water partition coefficient (Wildman–Crippen LogP) is 3.25. The Kier molecular flexibility index (Phi) is 9.37. The molecular formula is C36H41N3O7. The van der Waals surface area contributed by atoms with Crippen LogP contribution in [0.25, 0.3) is 0 Å². The Hall–Kier alpha value is -4.28. The molecule has 0 radical (unpaired) electrons. The summed E-state index contributed by atoms with van der Waals surface area (Å²) in [6.07, 6.45) is 8.73. The SMILES string of the molecule is CCCCN1C/C=C\CCC(=O)OC[C@H](c2ccccc2)NC(=O)[C@@H]2[C@H]3C(=O)N([C@H](CO)c4ccccc4)[C@H](C1=O)[C@]31C=C[C@H]2O1. The van der Waals surface area contributed by atoms with E-state index in [-0.39, 0.29) is 25.5 Å². The van der Waals surface area contributed by atoms with Gasteiger partial charge in [-0.25, -0.2) is 0 Å². The van der Waals surface area contributed by atoms with Crippen LogP contribution in [-0.4, -0.2) is 82.6 Å². The fourth-order valence-electron chi connectivity index (χ4n) is 7.31. The van der Waals surface area contributed by atoms with Crippen molar-refractivity contribution < 1.29 is 33.8 Å². The number of nitrogens with zero attached hydrogens (tertiary/aromatic N) is 2. The van der Waals surface area contributed by atoms with Gasteiger partial charge in [-0.15, -0.1) is 0 Å². The van der Waals surface area contributed by atoms with Crippen molar-refractivity contribution in [2.24, 2.45) is 11.8 Å². The first-order valence-electron chi connectivity index (χ1n) is 16.2. The number of fused-ring (bicyclic) bond motifs is 2. The first-order valence-corrected chi connectivity index (χ1v) is 16.2. The van der Waals surface area contributed by atoms with Gasteiger partial charge in [0.15, 0.2) is 0 Å². The summed E-state index contributed by atoms with van der Waals surface area (Å²) in [7, 11) is 0. The van der Waals surface area contributed by atoms with Gasteiger partial charge in [-0.3, -0.25) is 19.2 Å². The lowest BCUT2D eigenvalue weighted by Gasteiger charge is -2.39. The van der Waals surface area contributed by atoms with Crippen LogP contribution in [0.1, 0.15) is 55.8 Å². The highest BCUT2D eigenvalue weighted by Crippen LogP contribution is 2.57. The number of esters is 1. The number of unbranched alkanes of at least 4 members (excludes halogenated alkanes) is 1. The van der Waals surface area contributed by atoms with E-state index in [1.54, 1.807) is 17.1 Å². The van der Waals surface area contributed by atoms with Crippen molar-refractivity contribution in [2.45, 2.75) is 62.4 Å². The van der Waals surface area contributed by atoms with Gasteiger partial charge in [-0.1, -0.05) is 98.3 Å². The van der Waals surface area contributed by atoms with Crippen LogP contribution in [-0.2, 0) is 28.7 Å². The molecule has 0 unspecified atom stereocenters. The molecule has 6 rings (SSSR count). The standard InChI is InChI=1S/C36H41N3O7/c1-2-3-20-38-21-12-6-11-17-29(41)45-23-26(24-13-7-4-8-14-24)37-33(42)30-28-18-19-36(46-28)31(30)34(43)39(32(36)35(38)44)27(22-40)25-15-9-5-10-16-25/h4-10,12-16,18-19,26-28,30-32,40H,2-3,11,17,20-23H2,1H3,(H,37,42)/b12-6-/t26-,27-,28-,30+,31+,32-,36+/m1/s1. The van der Waals surface area contributed by atoms with E-state index in [2.05, 4.69) is 5.32 Å². The summed E-state index contributed by atoms with van der Waals surface area (Å²) < 4.78 is 12.2. The molecule has 7 atom stereocenters. The van der Waals surface area contributed by atoms with Gasteiger partial charge in [0, 0.05) is 19.5 Å². The molecule has 0 aliphatic carbocycles. The van der Waals surface area contributed by atoms with Gasteiger partial charge >= 0.3 is 5.97 Å². The van der Waals surface area contributed by atoms with E-state index in [9.17, 15) is 24.3 Å². The molecule has 4 heterocycles. The van der Waals surface area contributed by atoms with E-state index in [0.717, 1.165) is 18.4 Å². The molecule has 242 valence electrons. The third kappa shape index (κ3) is 5.76. The number of ether oxygens (including phenoxy) is 2. The van der Waals surface area contributed by atoms with E-state index in [4.69, 9.17) is 9.47 Å². The minimum absolute atomic E-state index is 0.0746.